The van der Waals surface area contributed by atoms with Gasteiger partial charge in [0.1, 0.15) is 0 Å². The van der Waals surface area contributed by atoms with E-state index < -0.39 is 0 Å². The number of halogens is 1. The summed E-state index contributed by atoms with van der Waals surface area (Å²) in [6.45, 7) is 2.27. The van der Waals surface area contributed by atoms with Gasteiger partial charge in [0, 0.05) is 31.8 Å². The molecule has 1 saturated heterocycles. The number of hydrogen-bond acceptors (Lipinski definition) is 3. The quantitative estimate of drug-likeness (QED) is 0.811. The van der Waals surface area contributed by atoms with Crippen LogP contribution in [0.25, 0.3) is 0 Å². The van der Waals surface area contributed by atoms with Gasteiger partial charge in [-0.15, -0.1) is 0 Å². The Labute approximate surface area is 132 Å². The minimum Gasteiger partial charge on any atom is -0.396 e. The number of aliphatic hydroxyl groups excluding tert-OH is 1. The van der Waals surface area contributed by atoms with Crippen LogP contribution in [-0.2, 0) is 6.54 Å². The standard InChI is InChI=1S/C17H25ClN2O/c18-16-7-1-4-13(12-19-14-8-9-14)17(16)20-10-2-5-15(20)6-3-11-21/h1,4,7,14-15,19,21H,2-3,5-6,8-12H2. The fraction of sp³-hybridized carbons (Fsp3) is 0.647. The van der Waals surface area contributed by atoms with Gasteiger partial charge in [-0.3, -0.25) is 0 Å². The van der Waals surface area contributed by atoms with Crippen LogP contribution in [0.15, 0.2) is 18.2 Å². The molecule has 3 rings (SSSR count). The highest BCUT2D eigenvalue weighted by Gasteiger charge is 2.28. The third-order valence-corrected chi connectivity index (χ3v) is 4.89. The lowest BCUT2D eigenvalue weighted by Gasteiger charge is -2.30. The first-order chi connectivity index (χ1) is 10.3. The molecule has 21 heavy (non-hydrogen) atoms. The number of hydrogen-bond donors (Lipinski definition) is 2. The summed E-state index contributed by atoms with van der Waals surface area (Å²) in [5.74, 6) is 0. The predicted molar refractivity (Wildman–Crippen MR) is 88.0 cm³/mol. The van der Waals surface area contributed by atoms with Crippen LogP contribution in [0.2, 0.25) is 5.02 Å². The second-order valence-electron chi connectivity index (χ2n) is 6.26. The molecule has 3 nitrogen and oxygen atoms in total. The Balaban J connectivity index is 1.77. The largest absolute Gasteiger partial charge is 0.396 e. The van der Waals surface area contributed by atoms with Crippen molar-refractivity contribution in [3.05, 3.63) is 28.8 Å². The van der Waals surface area contributed by atoms with E-state index in [1.807, 2.05) is 6.07 Å². The summed E-state index contributed by atoms with van der Waals surface area (Å²) in [6.07, 6.45) is 6.97. The van der Waals surface area contributed by atoms with Gasteiger partial charge in [0.05, 0.1) is 10.7 Å². The van der Waals surface area contributed by atoms with Crippen molar-refractivity contribution < 1.29 is 5.11 Å². The van der Waals surface area contributed by atoms with Crippen LogP contribution in [-0.4, -0.2) is 30.3 Å². The maximum Gasteiger partial charge on any atom is 0.0643 e. The molecule has 4 heteroatoms. The van der Waals surface area contributed by atoms with Crippen LogP contribution in [0.1, 0.15) is 44.1 Å². The summed E-state index contributed by atoms with van der Waals surface area (Å²) in [5, 5.41) is 13.5. The molecule has 1 aromatic rings. The molecule has 1 aromatic carbocycles. The van der Waals surface area contributed by atoms with Crippen molar-refractivity contribution in [3.8, 4) is 0 Å². The Bertz CT molecular complexity index is 476. The topological polar surface area (TPSA) is 35.5 Å². The molecule has 1 aliphatic carbocycles. The lowest BCUT2D eigenvalue weighted by Crippen LogP contribution is -2.31. The van der Waals surface area contributed by atoms with Crippen LogP contribution in [0, 0.1) is 0 Å². The first-order valence-corrected chi connectivity index (χ1v) is 8.55. The third-order valence-electron chi connectivity index (χ3n) is 4.59. The number of nitrogens with one attached hydrogen (secondary N) is 1. The summed E-state index contributed by atoms with van der Waals surface area (Å²) in [4.78, 5) is 2.47. The van der Waals surface area contributed by atoms with Gasteiger partial charge in [0.2, 0.25) is 0 Å². The van der Waals surface area contributed by atoms with Crippen molar-refractivity contribution in [2.24, 2.45) is 0 Å². The van der Waals surface area contributed by atoms with Gasteiger partial charge in [-0.1, -0.05) is 23.7 Å². The first kappa shape index (κ1) is 15.1. The lowest BCUT2D eigenvalue weighted by molar-refractivity contribution is 0.279. The summed E-state index contributed by atoms with van der Waals surface area (Å²) in [5.41, 5.74) is 2.53. The zero-order valence-corrected chi connectivity index (χ0v) is 13.3. The third kappa shape index (κ3) is 3.71. The SMILES string of the molecule is OCCCC1CCCN1c1c(Cl)cccc1CNC1CC1. The maximum absolute atomic E-state index is 9.09. The van der Waals surface area contributed by atoms with E-state index in [1.165, 1.54) is 36.9 Å². The monoisotopic (exact) mass is 308 g/mol. The summed E-state index contributed by atoms with van der Waals surface area (Å²) in [6, 6.07) is 7.48. The molecule has 2 N–H and O–H groups in total. The van der Waals surface area contributed by atoms with Crippen LogP contribution in [0.4, 0.5) is 5.69 Å². The van der Waals surface area contributed by atoms with Crippen molar-refractivity contribution in [1.29, 1.82) is 0 Å². The zero-order valence-electron chi connectivity index (χ0n) is 12.5. The molecule has 116 valence electrons. The number of aliphatic hydroxyl groups is 1. The molecule has 2 aliphatic rings. The predicted octanol–water partition coefficient (Wildman–Crippen LogP) is 3.33. The molecule has 1 heterocycles. The van der Waals surface area contributed by atoms with E-state index in [4.69, 9.17) is 16.7 Å². The highest BCUT2D eigenvalue weighted by atomic mass is 35.5. The van der Waals surface area contributed by atoms with Crippen LogP contribution < -0.4 is 10.2 Å². The second-order valence-corrected chi connectivity index (χ2v) is 6.67. The molecule has 0 amide bonds. The van der Waals surface area contributed by atoms with Crippen molar-refractivity contribution >= 4 is 17.3 Å². The Morgan fingerprint density at radius 1 is 1.29 bits per heavy atom. The van der Waals surface area contributed by atoms with Gasteiger partial charge in [-0.05, 0) is 50.2 Å². The van der Waals surface area contributed by atoms with E-state index in [0.29, 0.717) is 12.1 Å². The van der Waals surface area contributed by atoms with Gasteiger partial charge in [-0.2, -0.15) is 0 Å². The number of para-hydroxylation sites is 1. The minimum atomic E-state index is 0.281. The number of anilines is 1. The Morgan fingerprint density at radius 3 is 2.90 bits per heavy atom. The molecule has 1 atom stereocenters. The smallest absolute Gasteiger partial charge is 0.0643 e. The molecule has 1 unspecified atom stereocenters. The normalized spacial score (nSPS) is 22.0. The average molecular weight is 309 g/mol. The Hall–Kier alpha value is -0.770. The molecule has 1 aliphatic heterocycles. The van der Waals surface area contributed by atoms with Gasteiger partial charge >= 0.3 is 0 Å². The fourth-order valence-corrected chi connectivity index (χ4v) is 3.63. The Morgan fingerprint density at radius 2 is 2.14 bits per heavy atom. The number of nitrogens with zero attached hydrogens (tertiary/aromatic N) is 1. The van der Waals surface area contributed by atoms with E-state index >= 15 is 0 Å². The van der Waals surface area contributed by atoms with E-state index in [9.17, 15) is 0 Å². The lowest BCUT2D eigenvalue weighted by atomic mass is 10.1. The van der Waals surface area contributed by atoms with Gasteiger partial charge < -0.3 is 15.3 Å². The molecule has 1 saturated carbocycles. The van der Waals surface area contributed by atoms with Crippen molar-refractivity contribution in [1.82, 2.24) is 5.32 Å². The van der Waals surface area contributed by atoms with Gasteiger partial charge in [-0.25, -0.2) is 0 Å². The van der Waals surface area contributed by atoms with Gasteiger partial charge in [0.25, 0.3) is 0 Å². The average Bonchev–Trinajstić information content (AvgIpc) is 3.21. The summed E-state index contributed by atoms with van der Waals surface area (Å²) < 4.78 is 0. The van der Waals surface area contributed by atoms with E-state index in [-0.39, 0.29) is 6.61 Å². The zero-order chi connectivity index (χ0) is 14.7. The second kappa shape index (κ2) is 6.99. The molecular weight excluding hydrogens is 284 g/mol. The fourth-order valence-electron chi connectivity index (χ4n) is 3.32. The van der Waals surface area contributed by atoms with Gasteiger partial charge in [0.15, 0.2) is 0 Å². The maximum atomic E-state index is 9.09. The number of rotatable bonds is 7. The molecule has 2 fully saturated rings. The van der Waals surface area contributed by atoms with E-state index in [0.717, 1.165) is 31.0 Å². The van der Waals surface area contributed by atoms with Crippen LogP contribution in [0.3, 0.4) is 0 Å². The first-order valence-electron chi connectivity index (χ1n) is 8.18. The Kier molecular flexibility index (Phi) is 5.04. The molecule has 0 bridgehead atoms. The molecule has 0 radical (unpaired) electrons. The summed E-state index contributed by atoms with van der Waals surface area (Å²) in [7, 11) is 0. The molecular formula is C17H25ClN2O. The highest BCUT2D eigenvalue weighted by Crippen LogP contribution is 2.36. The molecule has 0 aromatic heterocycles. The highest BCUT2D eigenvalue weighted by molar-refractivity contribution is 6.33. The van der Waals surface area contributed by atoms with Crippen molar-refractivity contribution in [2.75, 3.05) is 18.1 Å². The summed E-state index contributed by atoms with van der Waals surface area (Å²) >= 11 is 6.52. The van der Waals surface area contributed by atoms with Crippen LogP contribution >= 0.6 is 11.6 Å². The minimum absolute atomic E-state index is 0.281. The van der Waals surface area contributed by atoms with Crippen LogP contribution in [0.5, 0.6) is 0 Å². The van der Waals surface area contributed by atoms with Crippen molar-refractivity contribution in [3.63, 3.8) is 0 Å². The molecule has 0 spiro atoms. The number of benzene rings is 1. The van der Waals surface area contributed by atoms with E-state index in [1.54, 1.807) is 0 Å². The van der Waals surface area contributed by atoms with Crippen molar-refractivity contribution in [2.45, 2.75) is 57.2 Å². The van der Waals surface area contributed by atoms with E-state index in [2.05, 4.69) is 22.3 Å².